The molecule has 2 N–H and O–H groups in total. The molecule has 2 aromatic rings. The number of nitrogens with one attached hydrogen (secondary N) is 2. The Hall–Kier alpha value is -2.62. The quantitative estimate of drug-likeness (QED) is 0.555. The number of ether oxygens (including phenoxy) is 1. The summed E-state index contributed by atoms with van der Waals surface area (Å²) in [4.78, 5) is 15.5. The van der Waals surface area contributed by atoms with Gasteiger partial charge in [0.15, 0.2) is 16.7 Å². The number of halogens is 3. The molecule has 1 aromatic heterocycles. The van der Waals surface area contributed by atoms with Crippen molar-refractivity contribution in [3.63, 3.8) is 0 Å². The van der Waals surface area contributed by atoms with Crippen molar-refractivity contribution in [3.05, 3.63) is 41.6 Å². The summed E-state index contributed by atoms with van der Waals surface area (Å²) in [5.41, 5.74) is -0.334. The van der Waals surface area contributed by atoms with Gasteiger partial charge in [0.05, 0.1) is 6.61 Å². The second-order valence-corrected chi connectivity index (χ2v) is 5.95. The normalized spacial score (nSPS) is 11.1. The van der Waals surface area contributed by atoms with E-state index >= 15 is 0 Å². The number of amides is 1. The maximum atomic E-state index is 12.9. The maximum absolute atomic E-state index is 12.9. The Bertz CT molecular complexity index is 804. The number of carbonyl (C=O) groups is 1. The van der Waals surface area contributed by atoms with Gasteiger partial charge in [-0.3, -0.25) is 10.1 Å². The van der Waals surface area contributed by atoms with Crippen LogP contribution in [0.25, 0.3) is 0 Å². The van der Waals surface area contributed by atoms with Gasteiger partial charge in [-0.25, -0.2) is 4.98 Å². The lowest BCUT2D eigenvalue weighted by Crippen LogP contribution is -2.35. The van der Waals surface area contributed by atoms with Crippen LogP contribution in [0.2, 0.25) is 0 Å². The number of hydrogen-bond donors (Lipinski definition) is 2. The molecule has 0 saturated heterocycles. The Morgan fingerprint density at radius 3 is 2.56 bits per heavy atom. The van der Waals surface area contributed by atoms with Crippen LogP contribution in [0.3, 0.4) is 0 Å². The van der Waals surface area contributed by atoms with Gasteiger partial charge < -0.3 is 14.5 Å². The number of aryl methyl sites for hydroxylation is 1. The number of nitrogens with zero attached hydrogens (tertiary/aromatic N) is 1. The van der Waals surface area contributed by atoms with Crippen molar-refractivity contribution in [2.45, 2.75) is 32.9 Å². The molecule has 0 aliphatic carbocycles. The van der Waals surface area contributed by atoms with E-state index in [1.807, 2.05) is 0 Å². The van der Waals surface area contributed by atoms with Crippen molar-refractivity contribution >= 4 is 28.9 Å². The van der Waals surface area contributed by atoms with Crippen molar-refractivity contribution in [1.29, 1.82) is 0 Å². The standard InChI is InChI=1S/C17H18F3N3O3S/c1-3-4-9-25-12-7-5-11(6-8-12)22-16(27)23-15(24)13-14(17(18,19)20)26-10(2)21-13/h5-8H,3-4,9H2,1-2H3,(H2,22,23,24,27). The van der Waals surface area contributed by atoms with Crippen LogP contribution in [0.15, 0.2) is 28.7 Å². The van der Waals surface area contributed by atoms with E-state index in [-0.39, 0.29) is 11.0 Å². The van der Waals surface area contributed by atoms with Crippen LogP contribution in [0.4, 0.5) is 18.9 Å². The molecule has 6 nitrogen and oxygen atoms in total. The number of benzene rings is 1. The highest BCUT2D eigenvalue weighted by atomic mass is 32.1. The summed E-state index contributed by atoms with van der Waals surface area (Å²) in [5, 5.41) is 4.69. The smallest absolute Gasteiger partial charge is 0.452 e. The number of hydrogen-bond acceptors (Lipinski definition) is 5. The Balaban J connectivity index is 1.97. The van der Waals surface area contributed by atoms with Gasteiger partial charge in [-0.15, -0.1) is 0 Å². The Kier molecular flexibility index (Phi) is 6.78. The summed E-state index contributed by atoms with van der Waals surface area (Å²) >= 11 is 4.96. The van der Waals surface area contributed by atoms with Gasteiger partial charge in [0.25, 0.3) is 5.91 Å². The third-order valence-corrected chi connectivity index (χ3v) is 3.52. The van der Waals surface area contributed by atoms with Crippen molar-refractivity contribution in [3.8, 4) is 5.75 Å². The molecular formula is C17H18F3N3O3S. The molecule has 0 fully saturated rings. The molecule has 2 rings (SSSR count). The van der Waals surface area contributed by atoms with Gasteiger partial charge in [-0.2, -0.15) is 13.2 Å². The van der Waals surface area contributed by atoms with Gasteiger partial charge in [-0.1, -0.05) is 13.3 Å². The summed E-state index contributed by atoms with van der Waals surface area (Å²) < 4.78 is 48.6. The molecule has 0 aliphatic heterocycles. The van der Waals surface area contributed by atoms with Gasteiger partial charge >= 0.3 is 6.18 Å². The third kappa shape index (κ3) is 5.95. The summed E-state index contributed by atoms with van der Waals surface area (Å²) in [6, 6.07) is 6.76. The molecule has 146 valence electrons. The first-order valence-corrected chi connectivity index (χ1v) is 8.51. The van der Waals surface area contributed by atoms with E-state index in [1.54, 1.807) is 24.3 Å². The van der Waals surface area contributed by atoms with Crippen LogP contribution >= 0.6 is 12.2 Å². The van der Waals surface area contributed by atoms with Crippen molar-refractivity contribution in [2.75, 3.05) is 11.9 Å². The fourth-order valence-corrected chi connectivity index (χ4v) is 2.28. The topological polar surface area (TPSA) is 76.4 Å². The van der Waals surface area contributed by atoms with Crippen LogP contribution in [0.5, 0.6) is 5.75 Å². The van der Waals surface area contributed by atoms with E-state index in [4.69, 9.17) is 17.0 Å². The Morgan fingerprint density at radius 1 is 1.30 bits per heavy atom. The number of oxazole rings is 1. The van der Waals surface area contributed by atoms with E-state index in [0.29, 0.717) is 18.0 Å². The monoisotopic (exact) mass is 401 g/mol. The zero-order chi connectivity index (χ0) is 20.0. The average Bonchev–Trinajstić information content (AvgIpc) is 2.99. The highest BCUT2D eigenvalue weighted by Crippen LogP contribution is 2.32. The van der Waals surface area contributed by atoms with Crippen LogP contribution < -0.4 is 15.4 Å². The van der Waals surface area contributed by atoms with Gasteiger partial charge in [0.1, 0.15) is 5.75 Å². The summed E-state index contributed by atoms with van der Waals surface area (Å²) in [6.45, 7) is 3.88. The predicted octanol–water partition coefficient (Wildman–Crippen LogP) is 4.31. The molecule has 0 atom stereocenters. The lowest BCUT2D eigenvalue weighted by atomic mass is 10.3. The number of alkyl halides is 3. The molecule has 0 unspecified atom stereocenters. The molecule has 1 amide bonds. The summed E-state index contributed by atoms with van der Waals surface area (Å²) in [5.74, 6) is -2.17. The van der Waals surface area contributed by atoms with Gasteiger partial charge in [0.2, 0.25) is 5.76 Å². The number of aromatic nitrogens is 1. The number of thiocarbonyl (C=S) groups is 1. The first-order valence-electron chi connectivity index (χ1n) is 8.10. The fraction of sp³-hybridized carbons (Fsp3) is 0.353. The van der Waals surface area contributed by atoms with Crippen molar-refractivity contribution < 1.29 is 27.1 Å². The van der Waals surface area contributed by atoms with Crippen LogP contribution in [0.1, 0.15) is 41.9 Å². The zero-order valence-electron chi connectivity index (χ0n) is 14.6. The Labute approximate surface area is 159 Å². The summed E-state index contributed by atoms with van der Waals surface area (Å²) in [6.07, 6.45) is -2.87. The molecular weight excluding hydrogens is 383 g/mol. The van der Waals surface area contributed by atoms with E-state index in [0.717, 1.165) is 12.8 Å². The molecule has 1 aromatic carbocycles. The predicted molar refractivity (Wildman–Crippen MR) is 96.8 cm³/mol. The summed E-state index contributed by atoms with van der Waals surface area (Å²) in [7, 11) is 0. The average molecular weight is 401 g/mol. The van der Waals surface area contributed by atoms with Crippen molar-refractivity contribution in [2.24, 2.45) is 0 Å². The lowest BCUT2D eigenvalue weighted by Gasteiger charge is -2.11. The fourth-order valence-electron chi connectivity index (χ4n) is 2.07. The van der Waals surface area contributed by atoms with Crippen molar-refractivity contribution in [1.82, 2.24) is 10.3 Å². The first kappa shape index (κ1) is 20.7. The minimum absolute atomic E-state index is 0.173. The molecule has 10 heteroatoms. The first-order chi connectivity index (χ1) is 12.7. The number of unbranched alkanes of at least 4 members (excludes halogenated alkanes) is 1. The van der Waals surface area contributed by atoms with E-state index in [1.165, 1.54) is 6.92 Å². The third-order valence-electron chi connectivity index (χ3n) is 3.31. The molecule has 0 saturated carbocycles. The highest BCUT2D eigenvalue weighted by Gasteiger charge is 2.41. The molecule has 0 bridgehead atoms. The van der Waals surface area contributed by atoms with E-state index in [2.05, 4.69) is 27.0 Å². The lowest BCUT2D eigenvalue weighted by molar-refractivity contribution is -0.153. The van der Waals surface area contributed by atoms with Crippen LogP contribution in [0, 0.1) is 6.92 Å². The number of carbonyl (C=O) groups excluding carboxylic acids is 1. The Morgan fingerprint density at radius 2 is 1.96 bits per heavy atom. The molecule has 0 aliphatic rings. The minimum atomic E-state index is -4.84. The van der Waals surface area contributed by atoms with E-state index < -0.39 is 23.5 Å². The second-order valence-electron chi connectivity index (χ2n) is 5.54. The molecule has 27 heavy (non-hydrogen) atoms. The molecule has 0 spiro atoms. The van der Waals surface area contributed by atoms with Gasteiger partial charge in [-0.05, 0) is 42.9 Å². The minimum Gasteiger partial charge on any atom is -0.494 e. The van der Waals surface area contributed by atoms with E-state index in [9.17, 15) is 18.0 Å². The largest absolute Gasteiger partial charge is 0.494 e. The molecule has 0 radical (unpaired) electrons. The molecule has 1 heterocycles. The van der Waals surface area contributed by atoms with Gasteiger partial charge in [0, 0.05) is 12.6 Å². The highest BCUT2D eigenvalue weighted by molar-refractivity contribution is 7.80. The van der Waals surface area contributed by atoms with Crippen LogP contribution in [-0.4, -0.2) is 22.6 Å². The number of rotatable bonds is 6. The second kappa shape index (κ2) is 8.85. The maximum Gasteiger partial charge on any atom is 0.452 e. The van der Waals surface area contributed by atoms with Crippen LogP contribution in [-0.2, 0) is 6.18 Å². The number of anilines is 1. The zero-order valence-corrected chi connectivity index (χ0v) is 15.5. The SMILES string of the molecule is CCCCOc1ccc(NC(=S)NC(=O)c2nc(C)oc2C(F)(F)F)cc1.